The SMILES string of the molecule is COc1ccccc1C1(N)N=C(N)C2=CC(C(=O)O)(c3ccccc3OC)C=CC2=N1. The molecule has 0 saturated heterocycles. The number of allylic oxidation sites excluding steroid dienone is 1. The Bertz CT molecular complexity index is 1180. The molecule has 158 valence electrons. The maximum atomic E-state index is 12.4. The van der Waals surface area contributed by atoms with E-state index in [9.17, 15) is 9.90 Å². The molecule has 1 aliphatic heterocycles. The van der Waals surface area contributed by atoms with Crippen LogP contribution in [0.25, 0.3) is 0 Å². The summed E-state index contributed by atoms with van der Waals surface area (Å²) in [6.45, 7) is 0. The first-order valence-electron chi connectivity index (χ1n) is 9.52. The van der Waals surface area contributed by atoms with Gasteiger partial charge in [-0.25, -0.2) is 9.98 Å². The van der Waals surface area contributed by atoms with E-state index in [2.05, 4.69) is 9.98 Å². The van der Waals surface area contributed by atoms with Gasteiger partial charge in [0.15, 0.2) is 0 Å². The normalized spacial score (nSPS) is 24.4. The average molecular weight is 418 g/mol. The Morgan fingerprint density at radius 3 is 2.16 bits per heavy atom. The van der Waals surface area contributed by atoms with Crippen LogP contribution in [-0.4, -0.2) is 36.8 Å². The summed E-state index contributed by atoms with van der Waals surface area (Å²) in [5.74, 6) is -1.53. The Morgan fingerprint density at radius 1 is 0.968 bits per heavy atom. The second-order valence-electron chi connectivity index (χ2n) is 7.19. The molecule has 0 saturated carbocycles. The zero-order chi connectivity index (χ0) is 22.2. The number of hydrogen-bond donors (Lipinski definition) is 3. The van der Waals surface area contributed by atoms with Gasteiger partial charge in [0, 0.05) is 11.1 Å². The van der Waals surface area contributed by atoms with E-state index in [-0.39, 0.29) is 5.84 Å². The largest absolute Gasteiger partial charge is 0.496 e. The predicted octanol–water partition coefficient (Wildman–Crippen LogP) is 2.10. The first kappa shape index (κ1) is 20.4. The summed E-state index contributed by atoms with van der Waals surface area (Å²) in [5, 5.41) is 10.2. The molecule has 2 unspecified atom stereocenters. The van der Waals surface area contributed by atoms with Crippen LogP contribution in [0.2, 0.25) is 0 Å². The number of ether oxygens (including phenoxy) is 2. The standard InChI is InChI=1S/C23H22N4O4/c1-30-18-9-5-3-7-15(18)22(21(28)29)12-11-17-14(13-22)20(24)27-23(25,26-17)16-8-4-6-10-19(16)31-2/h3-13H,25H2,1-2H3,(H2,24,27)(H,28,29). The molecule has 8 heteroatoms. The molecular weight excluding hydrogens is 396 g/mol. The van der Waals surface area contributed by atoms with Crippen molar-refractivity contribution in [3.8, 4) is 11.5 Å². The number of nitrogens with zero attached hydrogens (tertiary/aromatic N) is 2. The van der Waals surface area contributed by atoms with Gasteiger partial charge in [0.1, 0.15) is 22.7 Å². The zero-order valence-electron chi connectivity index (χ0n) is 17.1. The molecule has 2 aromatic rings. The molecule has 4 rings (SSSR count). The number of carboxylic acids is 1. The molecule has 0 radical (unpaired) electrons. The summed E-state index contributed by atoms with van der Waals surface area (Å²) in [7, 11) is 3.03. The molecule has 2 aromatic carbocycles. The number of carbonyl (C=O) groups is 1. The lowest BCUT2D eigenvalue weighted by molar-refractivity contribution is -0.140. The van der Waals surface area contributed by atoms with E-state index in [0.29, 0.717) is 33.9 Å². The van der Waals surface area contributed by atoms with Crippen LogP contribution in [-0.2, 0) is 16.0 Å². The molecule has 1 aliphatic carbocycles. The third kappa shape index (κ3) is 3.17. The molecule has 0 fully saturated rings. The van der Waals surface area contributed by atoms with E-state index in [0.717, 1.165) is 0 Å². The van der Waals surface area contributed by atoms with Gasteiger partial charge in [-0.3, -0.25) is 10.5 Å². The maximum Gasteiger partial charge on any atom is 0.322 e. The number of para-hydroxylation sites is 2. The first-order chi connectivity index (χ1) is 14.8. The van der Waals surface area contributed by atoms with Crippen molar-refractivity contribution in [1.82, 2.24) is 0 Å². The highest BCUT2D eigenvalue weighted by atomic mass is 16.5. The Kier molecular flexibility index (Phi) is 4.87. The minimum absolute atomic E-state index is 0.0864. The molecule has 1 heterocycles. The summed E-state index contributed by atoms with van der Waals surface area (Å²) in [5.41, 5.74) is 13.1. The molecule has 2 aliphatic rings. The highest BCUT2D eigenvalue weighted by Gasteiger charge is 2.44. The average Bonchev–Trinajstić information content (AvgIpc) is 2.78. The second kappa shape index (κ2) is 7.41. The number of aliphatic imine (C=N–C) groups is 2. The number of rotatable bonds is 5. The molecule has 0 bridgehead atoms. The quantitative estimate of drug-likeness (QED) is 0.681. The van der Waals surface area contributed by atoms with Crippen molar-refractivity contribution in [3.05, 3.63) is 83.5 Å². The maximum absolute atomic E-state index is 12.4. The lowest BCUT2D eigenvalue weighted by Gasteiger charge is -2.33. The molecule has 0 amide bonds. The number of amidine groups is 1. The van der Waals surface area contributed by atoms with Crippen LogP contribution in [0.15, 0.2) is 82.3 Å². The number of nitrogens with two attached hydrogens (primary N) is 2. The molecule has 0 aromatic heterocycles. The van der Waals surface area contributed by atoms with Gasteiger partial charge in [-0.15, -0.1) is 0 Å². The van der Waals surface area contributed by atoms with Crippen molar-refractivity contribution in [3.63, 3.8) is 0 Å². The summed E-state index contributed by atoms with van der Waals surface area (Å²) >= 11 is 0. The van der Waals surface area contributed by atoms with Crippen molar-refractivity contribution in [1.29, 1.82) is 0 Å². The lowest BCUT2D eigenvalue weighted by Crippen LogP contribution is -2.44. The summed E-state index contributed by atoms with van der Waals surface area (Å²) < 4.78 is 10.8. The zero-order valence-corrected chi connectivity index (χ0v) is 17.1. The predicted molar refractivity (Wildman–Crippen MR) is 117 cm³/mol. The minimum atomic E-state index is -1.50. The summed E-state index contributed by atoms with van der Waals surface area (Å²) in [6.07, 6.45) is 4.69. The van der Waals surface area contributed by atoms with Crippen LogP contribution in [0.1, 0.15) is 11.1 Å². The Labute approximate surface area is 179 Å². The molecule has 2 atom stereocenters. The molecular formula is C23H22N4O4. The van der Waals surface area contributed by atoms with Gasteiger partial charge in [0.2, 0.25) is 5.79 Å². The monoisotopic (exact) mass is 418 g/mol. The highest BCUT2D eigenvalue weighted by molar-refractivity contribution is 6.29. The van der Waals surface area contributed by atoms with Gasteiger partial charge < -0.3 is 20.3 Å². The smallest absolute Gasteiger partial charge is 0.322 e. The van der Waals surface area contributed by atoms with E-state index in [4.69, 9.17) is 20.9 Å². The number of fused-ring (bicyclic) bond motifs is 1. The molecule has 0 spiro atoms. The van der Waals surface area contributed by atoms with Crippen LogP contribution >= 0.6 is 0 Å². The number of methoxy groups -OCH3 is 2. The van der Waals surface area contributed by atoms with Gasteiger partial charge in [-0.05, 0) is 30.4 Å². The van der Waals surface area contributed by atoms with E-state index in [1.807, 2.05) is 6.07 Å². The Morgan fingerprint density at radius 2 is 1.55 bits per heavy atom. The number of hydrogen-bond acceptors (Lipinski definition) is 7. The van der Waals surface area contributed by atoms with Crippen molar-refractivity contribution in [2.45, 2.75) is 11.2 Å². The molecule has 5 N–H and O–H groups in total. The van der Waals surface area contributed by atoms with Gasteiger partial charge in [-0.2, -0.15) is 0 Å². The van der Waals surface area contributed by atoms with Crippen molar-refractivity contribution in [2.24, 2.45) is 21.5 Å². The lowest BCUT2D eigenvalue weighted by atomic mass is 9.74. The van der Waals surface area contributed by atoms with Crippen molar-refractivity contribution >= 4 is 17.5 Å². The first-order valence-corrected chi connectivity index (χ1v) is 9.52. The van der Waals surface area contributed by atoms with E-state index in [1.54, 1.807) is 54.6 Å². The summed E-state index contributed by atoms with van der Waals surface area (Å²) in [6, 6.07) is 14.1. The molecule has 8 nitrogen and oxygen atoms in total. The number of aliphatic carboxylic acids is 1. The Balaban J connectivity index is 1.87. The number of carboxylic acid groups (broad SMARTS) is 1. The van der Waals surface area contributed by atoms with Crippen LogP contribution in [0.5, 0.6) is 11.5 Å². The Hall–Kier alpha value is -3.91. The van der Waals surface area contributed by atoms with Gasteiger partial charge in [0.05, 0.1) is 25.5 Å². The minimum Gasteiger partial charge on any atom is -0.496 e. The van der Waals surface area contributed by atoms with Gasteiger partial charge in [-0.1, -0.05) is 36.4 Å². The van der Waals surface area contributed by atoms with Crippen LogP contribution in [0.4, 0.5) is 0 Å². The van der Waals surface area contributed by atoms with Crippen molar-refractivity contribution < 1.29 is 19.4 Å². The highest BCUT2D eigenvalue weighted by Crippen LogP contribution is 2.40. The third-order valence-electron chi connectivity index (χ3n) is 5.42. The van der Waals surface area contributed by atoms with Gasteiger partial charge in [0.25, 0.3) is 0 Å². The van der Waals surface area contributed by atoms with E-state index in [1.165, 1.54) is 20.3 Å². The van der Waals surface area contributed by atoms with E-state index >= 15 is 0 Å². The number of benzene rings is 2. The second-order valence-corrected chi connectivity index (χ2v) is 7.19. The fraction of sp³-hybridized carbons (Fsp3) is 0.174. The van der Waals surface area contributed by atoms with Crippen LogP contribution in [0, 0.1) is 0 Å². The topological polar surface area (TPSA) is 133 Å². The fourth-order valence-corrected chi connectivity index (χ4v) is 3.88. The van der Waals surface area contributed by atoms with Crippen molar-refractivity contribution in [2.75, 3.05) is 14.2 Å². The summed E-state index contributed by atoms with van der Waals surface area (Å²) in [4.78, 5) is 21.5. The molecule has 31 heavy (non-hydrogen) atoms. The fourth-order valence-electron chi connectivity index (χ4n) is 3.88. The van der Waals surface area contributed by atoms with Gasteiger partial charge >= 0.3 is 5.97 Å². The van der Waals surface area contributed by atoms with Crippen LogP contribution < -0.4 is 20.9 Å². The van der Waals surface area contributed by atoms with Crippen LogP contribution in [0.3, 0.4) is 0 Å². The third-order valence-corrected chi connectivity index (χ3v) is 5.42. The van der Waals surface area contributed by atoms with E-state index < -0.39 is 17.2 Å².